The number of nitrogens with zero attached hydrogens (tertiary/aromatic N) is 2. The summed E-state index contributed by atoms with van der Waals surface area (Å²) in [4.78, 5) is 13.9. The van der Waals surface area contributed by atoms with Crippen molar-refractivity contribution in [2.24, 2.45) is 23.2 Å². The minimum absolute atomic E-state index is 0.0477. The molecule has 2 atom stereocenters. The molecule has 0 aromatic carbocycles. The Hall–Kier alpha value is -1.74. The molecule has 0 spiro atoms. The van der Waals surface area contributed by atoms with Crippen LogP contribution in [0.4, 0.5) is 19.0 Å². The molecule has 10 heteroatoms. The number of anilines is 1. The molecule has 1 amide bonds. The summed E-state index contributed by atoms with van der Waals surface area (Å²) in [5.74, 6) is 1.82. The molecule has 7 rings (SSSR count). The van der Waals surface area contributed by atoms with Crippen LogP contribution in [-0.2, 0) is 0 Å². The van der Waals surface area contributed by atoms with Crippen LogP contribution in [0.2, 0.25) is 5.02 Å². The highest BCUT2D eigenvalue weighted by atomic mass is 35.5. The Bertz CT molecular complexity index is 1030. The van der Waals surface area contributed by atoms with Gasteiger partial charge in [-0.3, -0.25) is 4.79 Å². The molecule has 4 bridgehead atoms. The number of thiophene rings is 1. The molecule has 0 unspecified atom stereocenters. The fourth-order valence-electron chi connectivity index (χ4n) is 7.27. The molecule has 2 aromatic heterocycles. The number of carbonyl (C=O) groups is 1. The van der Waals surface area contributed by atoms with Gasteiger partial charge >= 0.3 is 6.18 Å². The molecule has 5 aliphatic rings. The first-order valence-corrected chi connectivity index (χ1v) is 12.9. The molecule has 178 valence electrons. The summed E-state index contributed by atoms with van der Waals surface area (Å²) in [6.45, 7) is 0.543. The lowest BCUT2D eigenvalue weighted by Gasteiger charge is -2.56. The van der Waals surface area contributed by atoms with Gasteiger partial charge in [0.1, 0.15) is 10.8 Å². The zero-order valence-electron chi connectivity index (χ0n) is 18.0. The van der Waals surface area contributed by atoms with E-state index in [4.69, 9.17) is 11.6 Å². The van der Waals surface area contributed by atoms with Gasteiger partial charge in [0, 0.05) is 17.8 Å². The van der Waals surface area contributed by atoms with E-state index in [1.54, 1.807) is 12.1 Å². The number of alkyl halides is 3. The highest BCUT2D eigenvalue weighted by molar-refractivity contribution is 7.10. The third-order valence-electron chi connectivity index (χ3n) is 8.19. The van der Waals surface area contributed by atoms with Gasteiger partial charge in [0.25, 0.3) is 5.91 Å². The summed E-state index contributed by atoms with van der Waals surface area (Å²) >= 11 is 7.85. The van der Waals surface area contributed by atoms with E-state index in [2.05, 4.69) is 15.7 Å². The average molecular weight is 499 g/mol. The van der Waals surface area contributed by atoms with Crippen LogP contribution in [0.25, 0.3) is 0 Å². The van der Waals surface area contributed by atoms with E-state index in [0.717, 1.165) is 46.6 Å². The minimum atomic E-state index is -4.51. The highest BCUT2D eigenvalue weighted by Crippen LogP contribution is 2.59. The van der Waals surface area contributed by atoms with Crippen LogP contribution in [-0.4, -0.2) is 28.4 Å². The molecule has 2 N–H and O–H groups in total. The quantitative estimate of drug-likeness (QED) is 0.527. The number of halogens is 4. The Labute approximate surface area is 199 Å². The number of nitrogens with one attached hydrogen (secondary N) is 2. The third kappa shape index (κ3) is 3.75. The summed E-state index contributed by atoms with van der Waals surface area (Å²) in [5, 5.41) is 11.9. The van der Waals surface area contributed by atoms with Crippen LogP contribution in [0.15, 0.2) is 17.5 Å². The summed E-state index contributed by atoms with van der Waals surface area (Å²) in [6, 6.07) is 1.22. The number of fused-ring (bicyclic) bond motifs is 1. The van der Waals surface area contributed by atoms with Crippen LogP contribution in [0.1, 0.15) is 72.4 Å². The lowest BCUT2D eigenvalue weighted by molar-refractivity contribution is -0.173. The van der Waals surface area contributed by atoms with E-state index in [1.807, 2.05) is 5.38 Å². The van der Waals surface area contributed by atoms with Gasteiger partial charge in [0.2, 0.25) is 0 Å². The smallest absolute Gasteiger partial charge is 0.361 e. The Morgan fingerprint density at radius 1 is 1.21 bits per heavy atom. The summed E-state index contributed by atoms with van der Waals surface area (Å²) in [5.41, 5.74) is -0.0160. The standard InChI is InChI=1S/C23H26ClF3N4OS/c24-18-19(21(32)28-11-22-8-12-4-13(9-22)6-14(5-12)10-22)30-31-17(23(25,26)27)7-15(29-20(18)31)16-2-1-3-33-16/h1-3,12-15,17,29H,4-11H2,(H,28,32)/t12?,13?,14?,15-,17-,22?/m1/s1. The Kier molecular flexibility index (Phi) is 5.04. The molecule has 2 aromatic rings. The first-order valence-electron chi connectivity index (χ1n) is 11.6. The van der Waals surface area contributed by atoms with Crippen molar-refractivity contribution in [1.29, 1.82) is 0 Å². The highest BCUT2D eigenvalue weighted by Gasteiger charge is 2.51. The van der Waals surface area contributed by atoms with Crippen molar-refractivity contribution in [2.45, 2.75) is 63.2 Å². The molecule has 5 nitrogen and oxygen atoms in total. The molecule has 4 aliphatic carbocycles. The lowest BCUT2D eigenvalue weighted by atomic mass is 9.49. The van der Waals surface area contributed by atoms with Crippen molar-refractivity contribution < 1.29 is 18.0 Å². The molecule has 4 saturated carbocycles. The fraction of sp³-hybridized carbons (Fsp3) is 0.652. The SMILES string of the molecule is O=C(NCC12CC3CC(CC(C3)C1)C2)c1nn2c(c1Cl)N[C@@H](c1cccs1)C[C@@H]2C(F)(F)F. The second-order valence-corrected chi connectivity index (χ2v) is 11.9. The van der Waals surface area contributed by atoms with Crippen LogP contribution >= 0.6 is 22.9 Å². The molecular formula is C23H26ClF3N4OS. The maximum atomic E-state index is 13.9. The van der Waals surface area contributed by atoms with Crippen LogP contribution in [0.5, 0.6) is 0 Å². The number of hydrogen-bond acceptors (Lipinski definition) is 4. The molecule has 3 heterocycles. The van der Waals surface area contributed by atoms with Gasteiger partial charge in [-0.1, -0.05) is 17.7 Å². The van der Waals surface area contributed by atoms with Gasteiger partial charge in [-0.05, 0) is 73.1 Å². The second-order valence-electron chi connectivity index (χ2n) is 10.6. The topological polar surface area (TPSA) is 59.0 Å². The molecule has 1 aliphatic heterocycles. The van der Waals surface area contributed by atoms with E-state index in [9.17, 15) is 18.0 Å². The van der Waals surface area contributed by atoms with Crippen LogP contribution in [0.3, 0.4) is 0 Å². The average Bonchev–Trinajstić information content (AvgIpc) is 3.38. The second kappa shape index (κ2) is 7.63. The predicted molar refractivity (Wildman–Crippen MR) is 121 cm³/mol. The number of rotatable bonds is 4. The van der Waals surface area contributed by atoms with Gasteiger partial charge in [0.05, 0.1) is 6.04 Å². The van der Waals surface area contributed by atoms with Gasteiger partial charge in [-0.2, -0.15) is 18.3 Å². The number of hydrogen-bond donors (Lipinski definition) is 2. The predicted octanol–water partition coefficient (Wildman–Crippen LogP) is 6.20. The largest absolute Gasteiger partial charge is 0.410 e. The summed E-state index contributed by atoms with van der Waals surface area (Å²) < 4.78 is 42.6. The van der Waals surface area contributed by atoms with Crippen molar-refractivity contribution in [3.05, 3.63) is 33.1 Å². The van der Waals surface area contributed by atoms with Crippen molar-refractivity contribution in [2.75, 3.05) is 11.9 Å². The summed E-state index contributed by atoms with van der Waals surface area (Å²) in [6.07, 6.45) is 2.61. The van der Waals surface area contributed by atoms with Gasteiger partial charge in [-0.15, -0.1) is 11.3 Å². The molecule has 33 heavy (non-hydrogen) atoms. The van der Waals surface area contributed by atoms with E-state index >= 15 is 0 Å². The van der Waals surface area contributed by atoms with Gasteiger partial charge in [0.15, 0.2) is 11.7 Å². The maximum absolute atomic E-state index is 13.9. The van der Waals surface area contributed by atoms with E-state index in [1.165, 1.54) is 30.6 Å². The molecule has 0 radical (unpaired) electrons. The third-order valence-corrected chi connectivity index (χ3v) is 9.53. The number of aromatic nitrogens is 2. The van der Waals surface area contributed by atoms with E-state index in [0.29, 0.717) is 6.54 Å². The zero-order chi connectivity index (χ0) is 23.0. The van der Waals surface area contributed by atoms with Crippen molar-refractivity contribution in [3.63, 3.8) is 0 Å². The number of carbonyl (C=O) groups excluding carboxylic acids is 1. The van der Waals surface area contributed by atoms with Crippen molar-refractivity contribution >= 4 is 34.7 Å². The normalized spacial score (nSPS) is 34.7. The first-order chi connectivity index (χ1) is 15.7. The molecular weight excluding hydrogens is 473 g/mol. The minimum Gasteiger partial charge on any atom is -0.361 e. The molecule has 0 saturated heterocycles. The maximum Gasteiger partial charge on any atom is 0.410 e. The summed E-state index contributed by atoms with van der Waals surface area (Å²) in [7, 11) is 0. The van der Waals surface area contributed by atoms with Crippen LogP contribution < -0.4 is 10.6 Å². The van der Waals surface area contributed by atoms with E-state index in [-0.39, 0.29) is 28.4 Å². The molecule has 4 fully saturated rings. The Morgan fingerprint density at radius 3 is 2.45 bits per heavy atom. The Balaban J connectivity index is 1.24. The van der Waals surface area contributed by atoms with Gasteiger partial charge < -0.3 is 10.6 Å². The van der Waals surface area contributed by atoms with Crippen molar-refractivity contribution in [1.82, 2.24) is 15.1 Å². The van der Waals surface area contributed by atoms with E-state index < -0.39 is 24.2 Å². The fourth-order valence-corrected chi connectivity index (χ4v) is 8.32. The monoisotopic (exact) mass is 498 g/mol. The first kappa shape index (κ1) is 21.8. The number of amides is 1. The zero-order valence-corrected chi connectivity index (χ0v) is 19.6. The lowest BCUT2D eigenvalue weighted by Crippen LogP contribution is -2.51. The van der Waals surface area contributed by atoms with Gasteiger partial charge in [-0.25, -0.2) is 4.68 Å². The van der Waals surface area contributed by atoms with Crippen molar-refractivity contribution in [3.8, 4) is 0 Å². The Morgan fingerprint density at radius 2 is 1.88 bits per heavy atom. The van der Waals surface area contributed by atoms with Crippen LogP contribution in [0, 0.1) is 23.2 Å².